The lowest BCUT2D eigenvalue weighted by molar-refractivity contribution is 0.0939. The molecule has 0 saturated carbocycles. The molecule has 0 aliphatic carbocycles. The lowest BCUT2D eigenvalue weighted by Gasteiger charge is -2.14. The number of nitrogens with one attached hydrogen (secondary N) is 1. The molecular formula is C21H24ClNOS. The number of benzene rings is 2. The van der Waals surface area contributed by atoms with Crippen molar-refractivity contribution in [1.29, 1.82) is 0 Å². The number of carbonyl (C=O) groups is 1. The maximum absolute atomic E-state index is 12.0. The van der Waals surface area contributed by atoms with Gasteiger partial charge in [-0.2, -0.15) is 0 Å². The first-order valence-corrected chi connectivity index (χ1v) is 10.2. The van der Waals surface area contributed by atoms with E-state index in [-0.39, 0.29) is 11.7 Å². The smallest absolute Gasteiger partial charge is 0.165 e. The minimum Gasteiger partial charge on any atom is -0.316 e. The van der Waals surface area contributed by atoms with E-state index in [2.05, 4.69) is 23.5 Å². The Balaban J connectivity index is 1.75. The van der Waals surface area contributed by atoms with Crippen LogP contribution in [0.15, 0.2) is 41.3 Å². The van der Waals surface area contributed by atoms with Crippen LogP contribution in [0.25, 0.3) is 0 Å². The van der Waals surface area contributed by atoms with Crippen LogP contribution in [0.4, 0.5) is 0 Å². The molecule has 0 bridgehead atoms. The van der Waals surface area contributed by atoms with Gasteiger partial charge >= 0.3 is 0 Å². The first-order chi connectivity index (χ1) is 12.1. The Morgan fingerprint density at radius 2 is 1.84 bits per heavy atom. The molecule has 132 valence electrons. The van der Waals surface area contributed by atoms with Crippen molar-refractivity contribution in [3.8, 4) is 0 Å². The first-order valence-electron chi connectivity index (χ1n) is 8.83. The van der Waals surface area contributed by atoms with Crippen molar-refractivity contribution >= 4 is 29.1 Å². The lowest BCUT2D eigenvalue weighted by Crippen LogP contribution is -2.16. The molecule has 2 nitrogen and oxygen atoms in total. The average Bonchev–Trinajstić information content (AvgIpc) is 2.86. The van der Waals surface area contributed by atoms with E-state index >= 15 is 0 Å². The molecule has 1 N–H and O–H groups in total. The summed E-state index contributed by atoms with van der Waals surface area (Å²) < 4.78 is 0. The molecule has 0 atom stereocenters. The van der Waals surface area contributed by atoms with Gasteiger partial charge in [-0.3, -0.25) is 4.79 Å². The summed E-state index contributed by atoms with van der Waals surface area (Å²) in [6, 6.07) is 12.2. The van der Waals surface area contributed by atoms with Crippen molar-refractivity contribution in [1.82, 2.24) is 5.32 Å². The molecule has 0 saturated heterocycles. The minimum atomic E-state index is 0.0346. The third-order valence-electron chi connectivity index (χ3n) is 4.58. The number of fused-ring (bicyclic) bond motifs is 1. The second kappa shape index (κ2) is 8.39. The van der Waals surface area contributed by atoms with Gasteiger partial charge in [-0.1, -0.05) is 55.8 Å². The molecule has 0 fully saturated rings. The third-order valence-corrected chi connectivity index (χ3v) is 6.24. The molecule has 0 unspecified atom stereocenters. The number of ketones is 1. The summed E-state index contributed by atoms with van der Waals surface area (Å²) in [5.74, 6) is 1.09. The zero-order valence-electron chi connectivity index (χ0n) is 14.8. The van der Waals surface area contributed by atoms with Gasteiger partial charge in [0.05, 0.1) is 5.02 Å². The molecule has 2 aromatic carbocycles. The van der Waals surface area contributed by atoms with Crippen LogP contribution in [-0.2, 0) is 18.6 Å². The second-order valence-electron chi connectivity index (χ2n) is 6.77. The van der Waals surface area contributed by atoms with Gasteiger partial charge in [0.25, 0.3) is 0 Å². The molecule has 25 heavy (non-hydrogen) atoms. The van der Waals surface area contributed by atoms with Gasteiger partial charge in [-0.25, -0.2) is 0 Å². The maximum Gasteiger partial charge on any atom is 0.165 e. The third kappa shape index (κ3) is 4.46. The number of halogens is 1. The molecule has 0 amide bonds. The van der Waals surface area contributed by atoms with Crippen molar-refractivity contribution in [2.24, 2.45) is 5.92 Å². The topological polar surface area (TPSA) is 29.1 Å². The van der Waals surface area contributed by atoms with Gasteiger partial charge in [0.1, 0.15) is 0 Å². The fourth-order valence-corrected chi connectivity index (χ4v) is 4.58. The highest BCUT2D eigenvalue weighted by Crippen LogP contribution is 2.36. The van der Waals surface area contributed by atoms with Gasteiger partial charge in [0, 0.05) is 22.1 Å². The van der Waals surface area contributed by atoms with Crippen LogP contribution in [0.5, 0.6) is 0 Å². The fraction of sp³-hybridized carbons (Fsp3) is 0.381. The number of Topliss-reactive ketones (excluding diaryl/α,β-unsaturated/α-hetero) is 1. The Hall–Kier alpha value is -1.29. The Morgan fingerprint density at radius 1 is 1.12 bits per heavy atom. The summed E-state index contributed by atoms with van der Waals surface area (Å²) in [5, 5.41) is 4.30. The van der Waals surface area contributed by atoms with Gasteiger partial charge in [0.2, 0.25) is 0 Å². The molecule has 2 aromatic rings. The van der Waals surface area contributed by atoms with E-state index in [1.54, 1.807) is 11.8 Å². The number of hydrogen-bond acceptors (Lipinski definition) is 3. The zero-order chi connectivity index (χ0) is 17.8. The van der Waals surface area contributed by atoms with Crippen molar-refractivity contribution in [3.05, 3.63) is 63.7 Å². The fourth-order valence-electron chi connectivity index (χ4n) is 3.12. The molecule has 4 heteroatoms. The summed E-state index contributed by atoms with van der Waals surface area (Å²) in [5.41, 5.74) is 4.82. The van der Waals surface area contributed by atoms with E-state index in [9.17, 15) is 4.79 Å². The molecule has 0 aromatic heterocycles. The Morgan fingerprint density at radius 3 is 2.56 bits per heavy atom. The van der Waals surface area contributed by atoms with Gasteiger partial charge in [-0.15, -0.1) is 11.8 Å². The summed E-state index contributed by atoms with van der Waals surface area (Å²) in [6.07, 6.45) is 2.09. The van der Waals surface area contributed by atoms with Crippen molar-refractivity contribution in [2.45, 2.75) is 37.3 Å². The molecule has 1 heterocycles. The molecule has 3 rings (SSSR count). The predicted octanol–water partition coefficient (Wildman–Crippen LogP) is 5.16. The normalized spacial score (nSPS) is 14.2. The van der Waals surface area contributed by atoms with E-state index in [1.165, 1.54) is 21.6 Å². The SMILES string of the molecule is CC(C)C(=O)c1ccc(CSc2c(Cl)ccc3c2CCNCC3)cc1. The van der Waals surface area contributed by atoms with Gasteiger partial charge < -0.3 is 5.32 Å². The molecule has 1 aliphatic rings. The Labute approximate surface area is 159 Å². The summed E-state index contributed by atoms with van der Waals surface area (Å²) >= 11 is 8.30. The lowest BCUT2D eigenvalue weighted by atomic mass is 10.0. The first kappa shape index (κ1) is 18.5. The Bertz CT molecular complexity index is 755. The zero-order valence-corrected chi connectivity index (χ0v) is 16.3. The largest absolute Gasteiger partial charge is 0.316 e. The number of rotatable bonds is 5. The molecule has 0 spiro atoms. The summed E-state index contributed by atoms with van der Waals surface area (Å²) in [4.78, 5) is 13.3. The van der Waals surface area contributed by atoms with E-state index in [0.717, 1.165) is 42.3 Å². The molecular weight excluding hydrogens is 350 g/mol. The van der Waals surface area contributed by atoms with E-state index in [4.69, 9.17) is 11.6 Å². The van der Waals surface area contributed by atoms with Crippen LogP contribution >= 0.6 is 23.4 Å². The number of thioether (sulfide) groups is 1. The summed E-state index contributed by atoms with van der Waals surface area (Å²) in [7, 11) is 0. The van der Waals surface area contributed by atoms with Crippen molar-refractivity contribution < 1.29 is 4.79 Å². The highest BCUT2D eigenvalue weighted by molar-refractivity contribution is 7.98. The quantitative estimate of drug-likeness (QED) is 0.579. The van der Waals surface area contributed by atoms with Crippen LogP contribution in [0.1, 0.15) is 40.9 Å². The van der Waals surface area contributed by atoms with E-state index in [0.29, 0.717) is 0 Å². The van der Waals surface area contributed by atoms with Crippen LogP contribution in [0.2, 0.25) is 5.02 Å². The van der Waals surface area contributed by atoms with Crippen molar-refractivity contribution in [3.63, 3.8) is 0 Å². The summed E-state index contributed by atoms with van der Waals surface area (Å²) in [6.45, 7) is 5.91. The number of carbonyl (C=O) groups excluding carboxylic acids is 1. The van der Waals surface area contributed by atoms with Gasteiger partial charge in [-0.05, 0) is 48.7 Å². The predicted molar refractivity (Wildman–Crippen MR) is 107 cm³/mol. The standard InChI is InChI=1S/C21H24ClNOS/c1-14(2)20(24)17-5-3-15(4-6-17)13-25-21-18-10-12-23-11-9-16(18)7-8-19(21)22/h3-8,14,23H,9-13H2,1-2H3. The van der Waals surface area contributed by atoms with Crippen LogP contribution in [0.3, 0.4) is 0 Å². The van der Waals surface area contributed by atoms with Crippen LogP contribution in [-0.4, -0.2) is 18.9 Å². The maximum atomic E-state index is 12.0. The Kier molecular flexibility index (Phi) is 6.21. The molecule has 0 radical (unpaired) electrons. The monoisotopic (exact) mass is 373 g/mol. The van der Waals surface area contributed by atoms with Crippen LogP contribution in [0, 0.1) is 5.92 Å². The van der Waals surface area contributed by atoms with E-state index in [1.807, 2.05) is 32.0 Å². The molecule has 1 aliphatic heterocycles. The number of hydrogen-bond donors (Lipinski definition) is 1. The highest BCUT2D eigenvalue weighted by atomic mass is 35.5. The highest BCUT2D eigenvalue weighted by Gasteiger charge is 2.15. The second-order valence-corrected chi connectivity index (χ2v) is 8.16. The average molecular weight is 374 g/mol. The van der Waals surface area contributed by atoms with Gasteiger partial charge in [0.15, 0.2) is 5.78 Å². The minimum absolute atomic E-state index is 0.0346. The van der Waals surface area contributed by atoms with E-state index < -0.39 is 0 Å². The van der Waals surface area contributed by atoms with Crippen LogP contribution < -0.4 is 5.32 Å². The van der Waals surface area contributed by atoms with Crippen molar-refractivity contribution in [2.75, 3.05) is 13.1 Å².